The molecule has 0 radical (unpaired) electrons. The van der Waals surface area contributed by atoms with Crippen molar-refractivity contribution in [1.29, 1.82) is 0 Å². The Kier molecular flexibility index (Phi) is 3.98. The molecular formula is C19H11BrClNO3. The predicted octanol–water partition coefficient (Wildman–Crippen LogP) is 5.86. The third kappa shape index (κ3) is 3.13. The van der Waals surface area contributed by atoms with Crippen LogP contribution in [0.25, 0.3) is 21.9 Å². The van der Waals surface area contributed by atoms with E-state index < -0.39 is 0 Å². The lowest BCUT2D eigenvalue weighted by Crippen LogP contribution is -1.98. The van der Waals surface area contributed by atoms with Crippen molar-refractivity contribution >= 4 is 49.4 Å². The fourth-order valence-corrected chi connectivity index (χ4v) is 3.27. The van der Waals surface area contributed by atoms with Crippen molar-refractivity contribution in [2.75, 3.05) is 0 Å². The number of ether oxygens (including phenoxy) is 1. The van der Waals surface area contributed by atoms with Crippen LogP contribution in [0.1, 0.15) is 5.56 Å². The number of nitrogens with zero attached hydrogens (tertiary/aromatic N) is 1. The van der Waals surface area contributed by atoms with Gasteiger partial charge in [0.05, 0.1) is 5.52 Å². The summed E-state index contributed by atoms with van der Waals surface area (Å²) in [5.74, 6) is 1.12. The maximum atomic E-state index is 11.6. The van der Waals surface area contributed by atoms with Crippen LogP contribution < -0.4 is 10.4 Å². The molecule has 0 saturated carbocycles. The van der Waals surface area contributed by atoms with Gasteiger partial charge in [0.1, 0.15) is 22.2 Å². The van der Waals surface area contributed by atoms with Gasteiger partial charge in [0, 0.05) is 33.4 Å². The van der Waals surface area contributed by atoms with Crippen LogP contribution in [0.15, 0.2) is 62.2 Å². The van der Waals surface area contributed by atoms with E-state index in [2.05, 4.69) is 20.9 Å². The summed E-state index contributed by atoms with van der Waals surface area (Å²) in [5, 5.41) is 2.03. The highest BCUT2D eigenvalue weighted by Crippen LogP contribution is 2.34. The molecule has 0 amide bonds. The summed E-state index contributed by atoms with van der Waals surface area (Å²) in [6, 6.07) is 14.2. The van der Waals surface area contributed by atoms with Crippen LogP contribution in [0.4, 0.5) is 0 Å². The number of benzene rings is 2. The van der Waals surface area contributed by atoms with Crippen LogP contribution in [-0.2, 0) is 0 Å². The summed E-state index contributed by atoms with van der Waals surface area (Å²) in [7, 11) is 0. The Morgan fingerprint density at radius 3 is 2.76 bits per heavy atom. The minimum Gasteiger partial charge on any atom is -0.456 e. The second-order valence-electron chi connectivity index (χ2n) is 5.61. The molecule has 0 aliphatic heterocycles. The topological polar surface area (TPSA) is 52.3 Å². The molecule has 0 spiro atoms. The molecule has 4 nitrogen and oxygen atoms in total. The predicted molar refractivity (Wildman–Crippen MR) is 102 cm³/mol. The molecule has 0 bridgehead atoms. The summed E-state index contributed by atoms with van der Waals surface area (Å²) in [5.41, 5.74) is 1.68. The van der Waals surface area contributed by atoms with E-state index in [1.807, 2.05) is 37.3 Å². The first-order chi connectivity index (χ1) is 12.0. The lowest BCUT2D eigenvalue weighted by Gasteiger charge is -2.10. The largest absolute Gasteiger partial charge is 0.456 e. The summed E-state index contributed by atoms with van der Waals surface area (Å²) >= 11 is 9.56. The maximum absolute atomic E-state index is 11.6. The monoisotopic (exact) mass is 415 g/mol. The number of fused-ring (bicyclic) bond motifs is 2. The highest BCUT2D eigenvalue weighted by atomic mass is 79.9. The van der Waals surface area contributed by atoms with Crippen molar-refractivity contribution in [3.63, 3.8) is 0 Å². The molecule has 0 atom stereocenters. The van der Waals surface area contributed by atoms with Gasteiger partial charge in [-0.2, -0.15) is 0 Å². The van der Waals surface area contributed by atoms with E-state index in [-0.39, 0.29) is 5.63 Å². The maximum Gasteiger partial charge on any atom is 0.336 e. The molecule has 2 aromatic heterocycles. The first-order valence-corrected chi connectivity index (χ1v) is 8.65. The first-order valence-electron chi connectivity index (χ1n) is 7.48. The Morgan fingerprint density at radius 1 is 1.08 bits per heavy atom. The minimum absolute atomic E-state index is 0.341. The molecule has 4 aromatic rings. The summed E-state index contributed by atoms with van der Waals surface area (Å²) in [6.07, 6.45) is 0. The highest BCUT2D eigenvalue weighted by molar-refractivity contribution is 9.10. The van der Waals surface area contributed by atoms with Crippen molar-refractivity contribution in [3.05, 3.63) is 74.1 Å². The van der Waals surface area contributed by atoms with Gasteiger partial charge in [-0.05, 0) is 42.8 Å². The molecule has 0 saturated heterocycles. The van der Waals surface area contributed by atoms with Gasteiger partial charge in [0.25, 0.3) is 0 Å². The van der Waals surface area contributed by atoms with Crippen LogP contribution >= 0.6 is 27.5 Å². The van der Waals surface area contributed by atoms with Crippen LogP contribution in [0, 0.1) is 6.92 Å². The van der Waals surface area contributed by atoms with Crippen molar-refractivity contribution < 1.29 is 9.15 Å². The minimum atomic E-state index is -0.386. The molecule has 0 unspecified atom stereocenters. The fraction of sp³-hybridized carbons (Fsp3) is 0.0526. The van der Waals surface area contributed by atoms with Gasteiger partial charge in [0.15, 0.2) is 0 Å². The summed E-state index contributed by atoms with van der Waals surface area (Å²) in [4.78, 5) is 15.9. The zero-order valence-corrected chi connectivity index (χ0v) is 15.4. The molecule has 0 aliphatic rings. The third-order valence-electron chi connectivity index (χ3n) is 3.85. The van der Waals surface area contributed by atoms with Gasteiger partial charge in [0.2, 0.25) is 0 Å². The van der Waals surface area contributed by atoms with Crippen molar-refractivity contribution in [3.8, 4) is 11.5 Å². The highest BCUT2D eigenvalue weighted by Gasteiger charge is 2.10. The van der Waals surface area contributed by atoms with E-state index >= 15 is 0 Å². The van der Waals surface area contributed by atoms with Gasteiger partial charge in [-0.1, -0.05) is 27.5 Å². The van der Waals surface area contributed by atoms with Gasteiger partial charge in [-0.3, -0.25) is 0 Å². The van der Waals surface area contributed by atoms with Crippen LogP contribution in [0.5, 0.6) is 11.5 Å². The zero-order chi connectivity index (χ0) is 17.6. The quantitative estimate of drug-likeness (QED) is 0.303. The van der Waals surface area contributed by atoms with Crippen molar-refractivity contribution in [2.45, 2.75) is 6.92 Å². The number of hydrogen-bond acceptors (Lipinski definition) is 4. The molecule has 0 N–H and O–H groups in total. The van der Waals surface area contributed by atoms with Gasteiger partial charge < -0.3 is 9.15 Å². The lowest BCUT2D eigenvalue weighted by atomic mass is 10.1. The van der Waals surface area contributed by atoms with Crippen LogP contribution in [-0.4, -0.2) is 4.98 Å². The number of aromatic nitrogens is 1. The number of halogens is 2. The number of hydrogen-bond donors (Lipinski definition) is 0. The molecule has 0 aliphatic carbocycles. The molecule has 25 heavy (non-hydrogen) atoms. The van der Waals surface area contributed by atoms with E-state index in [1.165, 1.54) is 6.07 Å². The van der Waals surface area contributed by atoms with E-state index in [0.717, 1.165) is 26.3 Å². The standard InChI is InChI=1S/C19H11BrClNO3/c1-10-6-19(23)25-16-8-12(3-4-13(10)16)24-17-9-18(21)22-15-5-2-11(20)7-14(15)17/h2-9H,1H3. The normalized spacial score (nSPS) is 11.2. The first kappa shape index (κ1) is 16.1. The van der Waals surface area contributed by atoms with E-state index in [1.54, 1.807) is 12.1 Å². The molecule has 2 heterocycles. The Bertz CT molecular complexity index is 1190. The average molecular weight is 417 g/mol. The molecular weight excluding hydrogens is 406 g/mol. The van der Waals surface area contributed by atoms with Gasteiger partial charge in [-0.25, -0.2) is 9.78 Å². The van der Waals surface area contributed by atoms with Gasteiger partial charge in [-0.15, -0.1) is 0 Å². The third-order valence-corrected chi connectivity index (χ3v) is 4.54. The molecule has 2 aromatic carbocycles. The second kappa shape index (κ2) is 6.17. The molecule has 4 rings (SSSR count). The average Bonchev–Trinajstić information content (AvgIpc) is 2.55. The Hall–Kier alpha value is -2.37. The molecule has 6 heteroatoms. The molecule has 0 fully saturated rings. The SMILES string of the molecule is Cc1cc(=O)oc2cc(Oc3cc(Cl)nc4ccc(Br)cc34)ccc12. The Labute approximate surface area is 156 Å². The number of rotatable bonds is 2. The summed E-state index contributed by atoms with van der Waals surface area (Å²) in [6.45, 7) is 1.87. The lowest BCUT2D eigenvalue weighted by molar-refractivity contribution is 0.485. The Balaban J connectivity index is 1.85. The van der Waals surface area contributed by atoms with Crippen LogP contribution in [0.3, 0.4) is 0 Å². The number of aryl methyl sites for hydroxylation is 1. The molecule has 124 valence electrons. The zero-order valence-electron chi connectivity index (χ0n) is 13.0. The van der Waals surface area contributed by atoms with Crippen molar-refractivity contribution in [1.82, 2.24) is 4.98 Å². The van der Waals surface area contributed by atoms with E-state index in [4.69, 9.17) is 20.8 Å². The van der Waals surface area contributed by atoms with Gasteiger partial charge >= 0.3 is 5.63 Å². The fourth-order valence-electron chi connectivity index (χ4n) is 2.72. The number of pyridine rings is 1. The second-order valence-corrected chi connectivity index (χ2v) is 6.92. The Morgan fingerprint density at radius 2 is 1.92 bits per heavy atom. The van der Waals surface area contributed by atoms with E-state index in [0.29, 0.717) is 22.2 Å². The smallest absolute Gasteiger partial charge is 0.336 e. The summed E-state index contributed by atoms with van der Waals surface area (Å²) < 4.78 is 12.2. The van der Waals surface area contributed by atoms with E-state index in [9.17, 15) is 4.79 Å². The van der Waals surface area contributed by atoms with Crippen molar-refractivity contribution in [2.24, 2.45) is 0 Å². The van der Waals surface area contributed by atoms with Crippen LogP contribution in [0.2, 0.25) is 5.15 Å².